The van der Waals surface area contributed by atoms with Crippen LogP contribution in [0.4, 0.5) is 4.39 Å². The number of benzene rings is 1. The third-order valence-electron chi connectivity index (χ3n) is 3.14. The molecule has 1 aromatic carbocycles. The molecule has 3 heteroatoms. The van der Waals surface area contributed by atoms with Crippen LogP contribution in [0.5, 0.6) is 0 Å². The minimum atomic E-state index is -0.337. The molecule has 0 amide bonds. The molecule has 0 aromatic heterocycles. The Hall–Kier alpha value is -0.890. The average molecular weight is 241 g/mol. The lowest BCUT2D eigenvalue weighted by atomic mass is 9.81. The summed E-state index contributed by atoms with van der Waals surface area (Å²) < 4.78 is 13.0. The zero-order chi connectivity index (χ0) is 11.5. The second kappa shape index (κ2) is 4.96. The van der Waals surface area contributed by atoms with Crippen LogP contribution in [0.3, 0.4) is 0 Å². The Morgan fingerprint density at radius 1 is 1.44 bits per heavy atom. The number of hydrogen-bond acceptors (Lipinski definition) is 1. The lowest BCUT2D eigenvalue weighted by Crippen LogP contribution is -2.17. The van der Waals surface area contributed by atoms with E-state index in [-0.39, 0.29) is 18.0 Å². The molecular formula is C13H14ClFO. The third-order valence-corrected chi connectivity index (χ3v) is 3.51. The zero-order valence-corrected chi connectivity index (χ0v) is 9.77. The molecular weight excluding hydrogens is 227 g/mol. The first-order chi connectivity index (χ1) is 7.65. The number of carbonyl (C=O) groups excluding carboxylic acids is 1. The maximum Gasteiger partial charge on any atom is 0.137 e. The van der Waals surface area contributed by atoms with Crippen molar-refractivity contribution in [1.82, 2.24) is 0 Å². The summed E-state index contributed by atoms with van der Waals surface area (Å²) in [6.45, 7) is 0. The van der Waals surface area contributed by atoms with Crippen molar-refractivity contribution in [3.63, 3.8) is 0 Å². The second-order valence-corrected chi connectivity index (χ2v) is 4.86. The van der Waals surface area contributed by atoms with Gasteiger partial charge in [-0.1, -0.05) is 30.9 Å². The molecule has 0 saturated heterocycles. The van der Waals surface area contributed by atoms with Gasteiger partial charge in [-0.15, -0.1) is 0 Å². The minimum absolute atomic E-state index is 0.164. The largest absolute Gasteiger partial charge is 0.299 e. The number of ketones is 1. The van der Waals surface area contributed by atoms with Crippen LogP contribution >= 0.6 is 11.6 Å². The van der Waals surface area contributed by atoms with E-state index in [1.165, 1.54) is 24.6 Å². The van der Waals surface area contributed by atoms with Crippen LogP contribution in [-0.4, -0.2) is 5.78 Å². The van der Waals surface area contributed by atoms with Gasteiger partial charge in [0.25, 0.3) is 0 Å². The molecule has 0 bridgehead atoms. The fraction of sp³-hybridized carbons (Fsp3) is 0.462. The van der Waals surface area contributed by atoms with Crippen LogP contribution in [-0.2, 0) is 11.2 Å². The number of rotatable bonds is 4. The molecule has 0 spiro atoms. The van der Waals surface area contributed by atoms with Gasteiger partial charge in [-0.05, 0) is 29.7 Å². The Morgan fingerprint density at radius 3 is 2.81 bits per heavy atom. The van der Waals surface area contributed by atoms with Crippen LogP contribution in [0.25, 0.3) is 0 Å². The van der Waals surface area contributed by atoms with E-state index in [4.69, 9.17) is 11.6 Å². The van der Waals surface area contributed by atoms with Crippen molar-refractivity contribution in [2.24, 2.45) is 5.92 Å². The second-order valence-electron chi connectivity index (χ2n) is 4.45. The summed E-state index contributed by atoms with van der Waals surface area (Å²) in [5, 5.41) is 0.475. The van der Waals surface area contributed by atoms with Crippen LogP contribution in [0.2, 0.25) is 5.02 Å². The topological polar surface area (TPSA) is 17.1 Å². The van der Waals surface area contributed by atoms with E-state index in [0.29, 0.717) is 22.9 Å². The molecule has 0 atom stereocenters. The predicted molar refractivity (Wildman–Crippen MR) is 62.1 cm³/mol. The van der Waals surface area contributed by atoms with Gasteiger partial charge in [-0.2, -0.15) is 0 Å². The molecule has 0 unspecified atom stereocenters. The van der Waals surface area contributed by atoms with Gasteiger partial charge in [0.05, 0.1) is 0 Å². The molecule has 0 aliphatic heterocycles. The lowest BCUT2D eigenvalue weighted by Gasteiger charge is -2.24. The molecule has 86 valence electrons. The molecule has 1 fully saturated rings. The fourth-order valence-electron chi connectivity index (χ4n) is 1.98. The van der Waals surface area contributed by atoms with Gasteiger partial charge in [-0.3, -0.25) is 4.79 Å². The summed E-state index contributed by atoms with van der Waals surface area (Å²) in [5.74, 6) is 0.382. The summed E-state index contributed by atoms with van der Waals surface area (Å²) in [5.41, 5.74) is 0.603. The molecule has 0 radical (unpaired) electrons. The fourth-order valence-corrected chi connectivity index (χ4v) is 2.17. The molecule has 1 aromatic rings. The van der Waals surface area contributed by atoms with E-state index in [0.717, 1.165) is 12.8 Å². The normalized spacial score (nSPS) is 15.9. The highest BCUT2D eigenvalue weighted by atomic mass is 35.5. The van der Waals surface area contributed by atoms with Crippen LogP contribution in [0, 0.1) is 11.7 Å². The molecule has 2 rings (SSSR count). The Morgan fingerprint density at radius 2 is 2.19 bits per heavy atom. The van der Waals surface area contributed by atoms with Crippen molar-refractivity contribution >= 4 is 17.4 Å². The molecule has 0 N–H and O–H groups in total. The van der Waals surface area contributed by atoms with Gasteiger partial charge >= 0.3 is 0 Å². The predicted octanol–water partition coefficient (Wildman–Crippen LogP) is 3.78. The highest BCUT2D eigenvalue weighted by Gasteiger charge is 2.21. The van der Waals surface area contributed by atoms with Gasteiger partial charge in [0, 0.05) is 17.9 Å². The third kappa shape index (κ3) is 2.82. The molecule has 0 heterocycles. The summed E-state index contributed by atoms with van der Waals surface area (Å²) in [4.78, 5) is 11.7. The van der Waals surface area contributed by atoms with Gasteiger partial charge < -0.3 is 0 Å². The first-order valence-electron chi connectivity index (χ1n) is 5.61. The van der Waals surface area contributed by atoms with Crippen molar-refractivity contribution in [3.05, 3.63) is 34.6 Å². The number of hydrogen-bond donors (Lipinski definition) is 0. The quantitative estimate of drug-likeness (QED) is 0.783. The van der Waals surface area contributed by atoms with E-state index in [1.54, 1.807) is 0 Å². The summed E-state index contributed by atoms with van der Waals surface area (Å²) in [6, 6.07) is 4.16. The number of Topliss-reactive ketones (excluding diaryl/α,β-unsaturated/α-hetero) is 1. The summed E-state index contributed by atoms with van der Waals surface area (Å²) in [7, 11) is 0. The van der Waals surface area contributed by atoms with E-state index < -0.39 is 0 Å². The van der Waals surface area contributed by atoms with E-state index >= 15 is 0 Å². The van der Waals surface area contributed by atoms with Gasteiger partial charge in [0.2, 0.25) is 0 Å². The number of carbonyl (C=O) groups is 1. The van der Waals surface area contributed by atoms with Crippen molar-refractivity contribution in [1.29, 1.82) is 0 Å². The van der Waals surface area contributed by atoms with E-state index in [2.05, 4.69) is 0 Å². The Balaban J connectivity index is 1.96. The first kappa shape index (κ1) is 11.6. The lowest BCUT2D eigenvalue weighted by molar-refractivity contribution is -0.119. The van der Waals surface area contributed by atoms with Gasteiger partial charge in [0.15, 0.2) is 0 Å². The Labute approximate surface area is 99.6 Å². The van der Waals surface area contributed by atoms with Gasteiger partial charge in [-0.25, -0.2) is 4.39 Å². The van der Waals surface area contributed by atoms with Crippen molar-refractivity contribution < 1.29 is 9.18 Å². The SMILES string of the molecule is O=C(Cc1cc(F)ccc1Cl)CC1CCC1. The summed E-state index contributed by atoms with van der Waals surface area (Å²) >= 11 is 5.91. The van der Waals surface area contributed by atoms with Gasteiger partial charge in [0.1, 0.15) is 11.6 Å². The monoisotopic (exact) mass is 240 g/mol. The van der Waals surface area contributed by atoms with E-state index in [1.807, 2.05) is 0 Å². The van der Waals surface area contributed by atoms with Crippen molar-refractivity contribution in [2.75, 3.05) is 0 Å². The summed E-state index contributed by atoms with van der Waals surface area (Å²) in [6.07, 6.45) is 4.42. The van der Waals surface area contributed by atoms with Crippen LogP contribution < -0.4 is 0 Å². The first-order valence-corrected chi connectivity index (χ1v) is 5.98. The molecule has 1 nitrogen and oxygen atoms in total. The smallest absolute Gasteiger partial charge is 0.137 e. The van der Waals surface area contributed by atoms with E-state index in [9.17, 15) is 9.18 Å². The zero-order valence-electron chi connectivity index (χ0n) is 9.01. The van der Waals surface area contributed by atoms with Crippen molar-refractivity contribution in [2.45, 2.75) is 32.1 Å². The average Bonchev–Trinajstić information content (AvgIpc) is 2.18. The minimum Gasteiger partial charge on any atom is -0.299 e. The van der Waals surface area contributed by atoms with Crippen LogP contribution in [0.1, 0.15) is 31.2 Å². The van der Waals surface area contributed by atoms with Crippen LogP contribution in [0.15, 0.2) is 18.2 Å². The molecule has 1 saturated carbocycles. The van der Waals surface area contributed by atoms with Crippen molar-refractivity contribution in [3.8, 4) is 0 Å². The molecule has 1 aliphatic rings. The number of halogens is 2. The Bertz CT molecular complexity index is 399. The maximum atomic E-state index is 13.0. The standard InChI is InChI=1S/C13H14ClFO/c14-13-5-4-11(15)7-10(13)8-12(16)6-9-2-1-3-9/h4-5,7,9H,1-3,6,8H2. The molecule has 1 aliphatic carbocycles. The Kier molecular flexibility index (Phi) is 3.59. The maximum absolute atomic E-state index is 13.0. The highest BCUT2D eigenvalue weighted by Crippen LogP contribution is 2.30. The highest BCUT2D eigenvalue weighted by molar-refractivity contribution is 6.31. The molecule has 16 heavy (non-hydrogen) atoms.